The maximum Gasteiger partial charge on any atom is 0.340 e. The predicted octanol–water partition coefficient (Wildman–Crippen LogP) is 0.732. The van der Waals surface area contributed by atoms with Crippen LogP contribution in [0.3, 0.4) is 0 Å². The molecule has 1 atom stereocenters. The third-order valence-electron chi connectivity index (χ3n) is 4.02. The van der Waals surface area contributed by atoms with E-state index in [1.807, 2.05) is 30.3 Å². The van der Waals surface area contributed by atoms with Crippen LogP contribution in [0.4, 0.5) is 0 Å². The van der Waals surface area contributed by atoms with Gasteiger partial charge in [0.2, 0.25) is 0 Å². The Balaban J connectivity index is 1.56. The van der Waals surface area contributed by atoms with Crippen LogP contribution in [-0.4, -0.2) is 49.4 Å². The number of hydrogen-bond donors (Lipinski definition) is 1. The number of benzene rings is 1. The van der Waals surface area contributed by atoms with Crippen molar-refractivity contribution in [2.24, 2.45) is 4.40 Å². The van der Waals surface area contributed by atoms with E-state index in [1.165, 1.54) is 25.3 Å². The first-order chi connectivity index (χ1) is 12.8. The molecule has 1 amide bonds. The molecule has 0 bridgehead atoms. The highest BCUT2D eigenvalue weighted by atomic mass is 32.2. The Hall–Kier alpha value is -2.94. The average Bonchev–Trinajstić information content (AvgIpc) is 2.65. The summed E-state index contributed by atoms with van der Waals surface area (Å²) in [7, 11) is -3.45. The summed E-state index contributed by atoms with van der Waals surface area (Å²) in [6.07, 6.45) is 3.37. The predicted molar refractivity (Wildman–Crippen MR) is 99.0 cm³/mol. The van der Waals surface area contributed by atoms with Crippen molar-refractivity contribution in [3.8, 4) is 0 Å². The number of carbonyl (C=O) groups is 2. The van der Waals surface area contributed by atoms with E-state index in [2.05, 4.69) is 9.71 Å². The van der Waals surface area contributed by atoms with E-state index in [1.54, 1.807) is 4.90 Å². The summed E-state index contributed by atoms with van der Waals surface area (Å²) in [5.74, 6) is -0.937. The van der Waals surface area contributed by atoms with Gasteiger partial charge in [-0.05, 0) is 24.6 Å². The molecular weight excluding hydrogens is 370 g/mol. The molecule has 27 heavy (non-hydrogen) atoms. The zero-order valence-corrected chi connectivity index (χ0v) is 15.5. The van der Waals surface area contributed by atoms with Gasteiger partial charge in [0, 0.05) is 19.3 Å². The Bertz CT molecular complexity index is 935. The number of hydrogen-bond acceptors (Lipinski definition) is 6. The Kier molecular flexibility index (Phi) is 5.41. The number of nitrogens with zero attached hydrogens (tertiary/aromatic N) is 2. The molecule has 0 saturated heterocycles. The van der Waals surface area contributed by atoms with Gasteiger partial charge in [-0.25, -0.2) is 13.2 Å². The summed E-state index contributed by atoms with van der Waals surface area (Å²) in [4.78, 5) is 26.0. The second kappa shape index (κ2) is 7.75. The van der Waals surface area contributed by atoms with Gasteiger partial charge < -0.3 is 15.0 Å². The fourth-order valence-corrected chi connectivity index (χ4v) is 3.50. The molecule has 1 N–H and O–H groups in total. The molecule has 0 fully saturated rings. The summed E-state index contributed by atoms with van der Waals surface area (Å²) in [6.45, 7) is 2.04. The van der Waals surface area contributed by atoms with Gasteiger partial charge in [0.15, 0.2) is 6.10 Å². The minimum absolute atomic E-state index is 0.124. The number of esters is 1. The third kappa shape index (κ3) is 4.82. The fourth-order valence-electron chi connectivity index (χ4n) is 2.53. The Morgan fingerprint density at radius 2 is 2.00 bits per heavy atom. The molecule has 1 aromatic rings. The number of fused-ring (bicyclic) bond motifs is 1. The number of nitrogens with one attached hydrogen (secondary N) is 1. The molecule has 0 unspecified atom stereocenters. The zero-order valence-electron chi connectivity index (χ0n) is 14.7. The van der Waals surface area contributed by atoms with Gasteiger partial charge >= 0.3 is 5.97 Å². The molecule has 9 heteroatoms. The van der Waals surface area contributed by atoms with Crippen molar-refractivity contribution in [1.29, 1.82) is 0 Å². The van der Waals surface area contributed by atoms with Gasteiger partial charge in [-0.15, -0.1) is 4.40 Å². The molecule has 0 spiro atoms. The normalized spacial score (nSPS) is 18.6. The lowest BCUT2D eigenvalue weighted by molar-refractivity contribution is -0.151. The van der Waals surface area contributed by atoms with Gasteiger partial charge in [0.25, 0.3) is 15.9 Å². The Morgan fingerprint density at radius 3 is 2.74 bits per heavy atom. The number of ether oxygens (including phenoxy) is 1. The van der Waals surface area contributed by atoms with E-state index in [0.29, 0.717) is 6.54 Å². The highest BCUT2D eigenvalue weighted by molar-refractivity contribution is 7.90. The molecule has 0 aromatic heterocycles. The second-order valence-electron chi connectivity index (χ2n) is 6.10. The minimum Gasteiger partial charge on any atom is -0.449 e. The highest BCUT2D eigenvalue weighted by Gasteiger charge is 2.26. The van der Waals surface area contributed by atoms with Gasteiger partial charge in [0.05, 0.1) is 11.3 Å². The van der Waals surface area contributed by atoms with E-state index in [0.717, 1.165) is 5.56 Å². The van der Waals surface area contributed by atoms with Crippen LogP contribution in [0.2, 0.25) is 0 Å². The lowest BCUT2D eigenvalue weighted by Crippen LogP contribution is -2.38. The summed E-state index contributed by atoms with van der Waals surface area (Å²) >= 11 is 0. The first kappa shape index (κ1) is 18.8. The lowest BCUT2D eigenvalue weighted by Gasteiger charge is -2.27. The monoisotopic (exact) mass is 389 g/mol. The molecule has 2 heterocycles. The van der Waals surface area contributed by atoms with Crippen LogP contribution in [-0.2, 0) is 30.9 Å². The fraction of sp³-hybridized carbons (Fsp3) is 0.278. The van der Waals surface area contributed by atoms with Crippen LogP contribution in [0.1, 0.15) is 12.5 Å². The number of carbonyl (C=O) groups excluding carboxylic acids is 2. The van der Waals surface area contributed by atoms with E-state index in [4.69, 9.17) is 4.74 Å². The van der Waals surface area contributed by atoms with Crippen LogP contribution >= 0.6 is 0 Å². The van der Waals surface area contributed by atoms with Crippen LogP contribution < -0.4 is 5.32 Å². The Labute approximate surface area is 157 Å². The number of sulfonamides is 1. The molecule has 0 radical (unpaired) electrons. The minimum atomic E-state index is -3.45. The SMILES string of the molecule is C[C@@H](OC(=O)C1=CN2CCS(=O)(=O)N=C2C=C1)C(=O)NCc1ccccc1. The van der Waals surface area contributed by atoms with E-state index >= 15 is 0 Å². The third-order valence-corrected chi connectivity index (χ3v) is 5.19. The summed E-state index contributed by atoms with van der Waals surface area (Å²) in [6, 6.07) is 9.39. The maximum absolute atomic E-state index is 12.3. The van der Waals surface area contributed by atoms with E-state index in [9.17, 15) is 18.0 Å². The summed E-state index contributed by atoms with van der Waals surface area (Å²) < 4.78 is 31.8. The van der Waals surface area contributed by atoms with Crippen LogP contribution in [0.25, 0.3) is 0 Å². The standard InChI is InChI=1S/C18H19N3O5S/c1-13(17(22)19-11-14-5-3-2-4-6-14)26-18(23)15-7-8-16-20-27(24,25)10-9-21(16)12-15/h2-8,12-13H,9-11H2,1H3,(H,19,22)/t13-/m1/s1. The van der Waals surface area contributed by atoms with Gasteiger partial charge in [-0.3, -0.25) is 4.79 Å². The van der Waals surface area contributed by atoms with Crippen LogP contribution in [0, 0.1) is 0 Å². The number of rotatable bonds is 5. The first-order valence-corrected chi connectivity index (χ1v) is 9.97. The second-order valence-corrected chi connectivity index (χ2v) is 7.85. The van der Waals surface area contributed by atoms with Crippen molar-refractivity contribution in [1.82, 2.24) is 10.2 Å². The topological polar surface area (TPSA) is 105 Å². The Morgan fingerprint density at radius 1 is 1.26 bits per heavy atom. The number of amidine groups is 1. The van der Waals surface area contributed by atoms with Gasteiger partial charge in [-0.2, -0.15) is 0 Å². The van der Waals surface area contributed by atoms with Crippen molar-refractivity contribution in [2.45, 2.75) is 19.6 Å². The maximum atomic E-state index is 12.3. The van der Waals surface area contributed by atoms with Crippen LogP contribution in [0.5, 0.6) is 0 Å². The zero-order chi connectivity index (χ0) is 19.4. The van der Waals surface area contributed by atoms with Gasteiger partial charge in [-0.1, -0.05) is 30.3 Å². The molecule has 1 aromatic carbocycles. The van der Waals surface area contributed by atoms with Crippen molar-refractivity contribution in [2.75, 3.05) is 12.3 Å². The summed E-state index contributed by atoms with van der Waals surface area (Å²) in [5, 5.41) is 2.71. The smallest absolute Gasteiger partial charge is 0.340 e. The van der Waals surface area contributed by atoms with Gasteiger partial charge in [0.1, 0.15) is 5.84 Å². The van der Waals surface area contributed by atoms with E-state index < -0.39 is 28.0 Å². The molecule has 2 aliphatic rings. The highest BCUT2D eigenvalue weighted by Crippen LogP contribution is 2.17. The van der Waals surface area contributed by atoms with Crippen molar-refractivity contribution >= 4 is 27.7 Å². The van der Waals surface area contributed by atoms with Crippen molar-refractivity contribution in [3.05, 3.63) is 59.8 Å². The first-order valence-electron chi connectivity index (χ1n) is 8.36. The number of amides is 1. The molecule has 8 nitrogen and oxygen atoms in total. The molecule has 142 valence electrons. The van der Waals surface area contributed by atoms with Crippen molar-refractivity contribution < 1.29 is 22.7 Å². The molecule has 0 aliphatic carbocycles. The average molecular weight is 389 g/mol. The van der Waals surface area contributed by atoms with Crippen molar-refractivity contribution in [3.63, 3.8) is 0 Å². The molecule has 3 rings (SSSR count). The summed E-state index contributed by atoms with van der Waals surface area (Å²) in [5.41, 5.74) is 1.16. The lowest BCUT2D eigenvalue weighted by atomic mass is 10.2. The van der Waals surface area contributed by atoms with Crippen LogP contribution in [0.15, 0.2) is 58.7 Å². The molecule has 0 saturated carbocycles. The largest absolute Gasteiger partial charge is 0.449 e. The van der Waals surface area contributed by atoms with E-state index in [-0.39, 0.29) is 23.7 Å². The molecular formula is C18H19N3O5S. The quantitative estimate of drug-likeness (QED) is 0.745. The molecule has 2 aliphatic heterocycles.